The highest BCUT2D eigenvalue weighted by atomic mass is 16.7. The van der Waals surface area contributed by atoms with Crippen LogP contribution in [0.25, 0.3) is 0 Å². The maximum Gasteiger partial charge on any atom is 0.157 e. The minimum atomic E-state index is -0.0737. The number of hydrogen-bond donors (Lipinski definition) is 1. The molecule has 1 aromatic carbocycles. The van der Waals surface area contributed by atoms with Crippen molar-refractivity contribution in [3.8, 4) is 5.75 Å². The van der Waals surface area contributed by atoms with Crippen LogP contribution in [0.5, 0.6) is 5.75 Å². The summed E-state index contributed by atoms with van der Waals surface area (Å²) in [7, 11) is 0. The molecule has 0 bridgehead atoms. The Morgan fingerprint density at radius 3 is 2.89 bits per heavy atom. The number of aliphatic hydroxyl groups excluding tert-OH is 1. The fourth-order valence-electron chi connectivity index (χ4n) is 1.95. The second kappa shape index (κ2) is 7.36. The molecule has 1 atom stereocenters. The Labute approximate surface area is 107 Å². The fourth-order valence-corrected chi connectivity index (χ4v) is 1.95. The van der Waals surface area contributed by atoms with E-state index in [1.165, 1.54) is 6.42 Å². The highest BCUT2D eigenvalue weighted by Crippen LogP contribution is 2.18. The van der Waals surface area contributed by atoms with Gasteiger partial charge in [0.05, 0.1) is 13.2 Å². The lowest BCUT2D eigenvalue weighted by molar-refractivity contribution is -0.165. The Bertz CT molecular complexity index is 347. The van der Waals surface area contributed by atoms with Gasteiger partial charge in [0.1, 0.15) is 12.4 Å². The van der Waals surface area contributed by atoms with E-state index >= 15 is 0 Å². The third-order valence-electron chi connectivity index (χ3n) is 2.93. The quantitative estimate of drug-likeness (QED) is 0.788. The van der Waals surface area contributed by atoms with Crippen molar-refractivity contribution in [3.63, 3.8) is 0 Å². The highest BCUT2D eigenvalue weighted by Gasteiger charge is 2.13. The van der Waals surface area contributed by atoms with Gasteiger partial charge in [-0.05, 0) is 25.3 Å². The lowest BCUT2D eigenvalue weighted by atomic mass is 10.2. The van der Waals surface area contributed by atoms with Gasteiger partial charge in [0.15, 0.2) is 6.29 Å². The summed E-state index contributed by atoms with van der Waals surface area (Å²) in [6, 6.07) is 7.47. The molecule has 0 saturated carbocycles. The molecule has 2 rings (SSSR count). The summed E-state index contributed by atoms with van der Waals surface area (Å²) in [5.41, 5.74) is 0.798. The molecule has 1 saturated heterocycles. The number of hydrogen-bond acceptors (Lipinski definition) is 4. The summed E-state index contributed by atoms with van der Waals surface area (Å²) in [4.78, 5) is 0. The van der Waals surface area contributed by atoms with Crippen LogP contribution in [0.3, 0.4) is 0 Å². The zero-order valence-corrected chi connectivity index (χ0v) is 10.5. The van der Waals surface area contributed by atoms with Gasteiger partial charge in [-0.15, -0.1) is 0 Å². The second-order valence-electron chi connectivity index (χ2n) is 4.28. The van der Waals surface area contributed by atoms with E-state index in [4.69, 9.17) is 19.3 Å². The van der Waals surface area contributed by atoms with Gasteiger partial charge < -0.3 is 19.3 Å². The van der Waals surface area contributed by atoms with Gasteiger partial charge in [0, 0.05) is 12.2 Å². The first kappa shape index (κ1) is 13.3. The van der Waals surface area contributed by atoms with Crippen LogP contribution in [-0.2, 0) is 16.1 Å². The molecule has 0 spiro atoms. The van der Waals surface area contributed by atoms with E-state index in [0.717, 1.165) is 25.0 Å². The number of para-hydroxylation sites is 1. The molecule has 0 aromatic heterocycles. The average Bonchev–Trinajstić information content (AvgIpc) is 2.45. The van der Waals surface area contributed by atoms with E-state index in [0.29, 0.717) is 19.0 Å². The summed E-state index contributed by atoms with van der Waals surface area (Å²) in [5, 5.41) is 9.15. The molecule has 1 aromatic rings. The molecule has 18 heavy (non-hydrogen) atoms. The molecule has 0 unspecified atom stereocenters. The Morgan fingerprint density at radius 2 is 2.11 bits per heavy atom. The predicted octanol–water partition coefficient (Wildman–Crippen LogP) is 2.10. The maximum atomic E-state index is 9.15. The molecular formula is C14H20O4. The van der Waals surface area contributed by atoms with E-state index in [9.17, 15) is 0 Å². The van der Waals surface area contributed by atoms with Gasteiger partial charge in [0.2, 0.25) is 0 Å². The highest BCUT2D eigenvalue weighted by molar-refractivity contribution is 5.32. The number of ether oxygens (including phenoxy) is 3. The molecule has 4 nitrogen and oxygen atoms in total. The van der Waals surface area contributed by atoms with Crippen LogP contribution < -0.4 is 4.74 Å². The van der Waals surface area contributed by atoms with Crippen molar-refractivity contribution >= 4 is 0 Å². The molecule has 0 aliphatic carbocycles. The monoisotopic (exact) mass is 252 g/mol. The summed E-state index contributed by atoms with van der Waals surface area (Å²) in [6.45, 7) is 1.75. The molecule has 1 aliphatic rings. The Hall–Kier alpha value is -1.10. The van der Waals surface area contributed by atoms with Crippen LogP contribution in [0.15, 0.2) is 24.3 Å². The Morgan fingerprint density at radius 1 is 1.22 bits per heavy atom. The first-order valence-electron chi connectivity index (χ1n) is 6.45. The van der Waals surface area contributed by atoms with Crippen LogP contribution in [0, 0.1) is 0 Å². The maximum absolute atomic E-state index is 9.15. The van der Waals surface area contributed by atoms with Crippen molar-refractivity contribution in [2.45, 2.75) is 32.2 Å². The molecule has 1 N–H and O–H groups in total. The van der Waals surface area contributed by atoms with Crippen molar-refractivity contribution < 1.29 is 19.3 Å². The molecule has 100 valence electrons. The van der Waals surface area contributed by atoms with Crippen LogP contribution in [0.2, 0.25) is 0 Å². The Balaban J connectivity index is 1.68. The predicted molar refractivity (Wildman–Crippen MR) is 67.4 cm³/mol. The van der Waals surface area contributed by atoms with Gasteiger partial charge >= 0.3 is 0 Å². The SMILES string of the molecule is OCc1ccccc1OCCO[C@@H]1CCCCO1. The molecule has 1 fully saturated rings. The van der Waals surface area contributed by atoms with Crippen LogP contribution in [0.4, 0.5) is 0 Å². The topological polar surface area (TPSA) is 47.9 Å². The van der Waals surface area contributed by atoms with Crippen LogP contribution >= 0.6 is 0 Å². The molecular weight excluding hydrogens is 232 g/mol. The standard InChI is InChI=1S/C14H20O4/c15-11-12-5-1-2-6-13(12)16-9-10-18-14-7-3-4-8-17-14/h1-2,5-6,14-15H,3-4,7-11H2/t14-/m1/s1. The van der Waals surface area contributed by atoms with E-state index in [1.54, 1.807) is 0 Å². The van der Waals surface area contributed by atoms with Gasteiger partial charge in [0.25, 0.3) is 0 Å². The summed E-state index contributed by atoms with van der Waals surface area (Å²) < 4.78 is 16.6. The number of aliphatic hydroxyl groups is 1. The molecule has 1 aliphatic heterocycles. The lowest BCUT2D eigenvalue weighted by Gasteiger charge is -2.22. The van der Waals surface area contributed by atoms with Crippen molar-refractivity contribution in [2.24, 2.45) is 0 Å². The normalized spacial score (nSPS) is 19.7. The van der Waals surface area contributed by atoms with Crippen molar-refractivity contribution in [1.82, 2.24) is 0 Å². The average molecular weight is 252 g/mol. The van der Waals surface area contributed by atoms with Crippen LogP contribution in [0.1, 0.15) is 24.8 Å². The largest absolute Gasteiger partial charge is 0.491 e. The number of benzene rings is 1. The molecule has 1 heterocycles. The lowest BCUT2D eigenvalue weighted by Crippen LogP contribution is -2.24. The zero-order valence-electron chi connectivity index (χ0n) is 10.5. The van der Waals surface area contributed by atoms with E-state index in [-0.39, 0.29) is 12.9 Å². The summed E-state index contributed by atoms with van der Waals surface area (Å²) in [6.07, 6.45) is 3.18. The number of rotatable bonds is 6. The van der Waals surface area contributed by atoms with Crippen molar-refractivity contribution in [2.75, 3.05) is 19.8 Å². The van der Waals surface area contributed by atoms with E-state index in [1.807, 2.05) is 24.3 Å². The van der Waals surface area contributed by atoms with Crippen molar-refractivity contribution in [3.05, 3.63) is 29.8 Å². The van der Waals surface area contributed by atoms with E-state index < -0.39 is 0 Å². The molecule has 0 amide bonds. The van der Waals surface area contributed by atoms with Crippen molar-refractivity contribution in [1.29, 1.82) is 0 Å². The molecule has 0 radical (unpaired) electrons. The first-order valence-corrected chi connectivity index (χ1v) is 6.45. The minimum absolute atomic E-state index is 0.0111. The minimum Gasteiger partial charge on any atom is -0.491 e. The fraction of sp³-hybridized carbons (Fsp3) is 0.571. The Kier molecular flexibility index (Phi) is 5.45. The van der Waals surface area contributed by atoms with Gasteiger partial charge in [-0.25, -0.2) is 0 Å². The zero-order chi connectivity index (χ0) is 12.6. The van der Waals surface area contributed by atoms with Crippen LogP contribution in [-0.4, -0.2) is 31.2 Å². The van der Waals surface area contributed by atoms with Gasteiger partial charge in [-0.3, -0.25) is 0 Å². The molecule has 4 heteroatoms. The van der Waals surface area contributed by atoms with E-state index in [2.05, 4.69) is 0 Å². The third kappa shape index (κ3) is 3.98. The summed E-state index contributed by atoms with van der Waals surface area (Å²) in [5.74, 6) is 0.716. The second-order valence-corrected chi connectivity index (χ2v) is 4.28. The summed E-state index contributed by atoms with van der Waals surface area (Å²) >= 11 is 0. The van der Waals surface area contributed by atoms with Gasteiger partial charge in [-0.1, -0.05) is 18.2 Å². The van der Waals surface area contributed by atoms with Gasteiger partial charge in [-0.2, -0.15) is 0 Å². The first-order chi connectivity index (χ1) is 8.90. The smallest absolute Gasteiger partial charge is 0.157 e. The third-order valence-corrected chi connectivity index (χ3v) is 2.93.